The molecule has 1 atom stereocenters. The zero-order chi connectivity index (χ0) is 15.7. The number of rotatable bonds is 4. The summed E-state index contributed by atoms with van der Waals surface area (Å²) < 4.78 is 0. The van der Waals surface area contributed by atoms with Gasteiger partial charge >= 0.3 is 0 Å². The molecule has 0 radical (unpaired) electrons. The van der Waals surface area contributed by atoms with Gasteiger partial charge in [0, 0.05) is 28.7 Å². The molecule has 1 heterocycles. The van der Waals surface area contributed by atoms with Crippen molar-refractivity contribution in [1.29, 1.82) is 0 Å². The van der Waals surface area contributed by atoms with Gasteiger partial charge in [-0.2, -0.15) is 0 Å². The maximum absolute atomic E-state index is 10.1. The molecule has 0 saturated carbocycles. The summed E-state index contributed by atoms with van der Waals surface area (Å²) in [5.74, 6) is 0.393. The first kappa shape index (κ1) is 16.3. The molecule has 1 aromatic rings. The lowest BCUT2D eigenvalue weighted by atomic mass is 9.79. The fourth-order valence-corrected chi connectivity index (χ4v) is 3.93. The van der Waals surface area contributed by atoms with Gasteiger partial charge in [0.2, 0.25) is 0 Å². The summed E-state index contributed by atoms with van der Waals surface area (Å²) in [7, 11) is 0. The third-order valence-electron chi connectivity index (χ3n) is 4.35. The van der Waals surface area contributed by atoms with Crippen LogP contribution < -0.4 is 10.6 Å². The van der Waals surface area contributed by atoms with Crippen molar-refractivity contribution in [3.05, 3.63) is 29.8 Å². The molecule has 1 unspecified atom stereocenters. The number of para-hydroxylation sites is 1. The van der Waals surface area contributed by atoms with E-state index < -0.39 is 0 Å². The zero-order valence-corrected chi connectivity index (χ0v) is 14.0. The highest BCUT2D eigenvalue weighted by molar-refractivity contribution is 5.34. The number of aromatic hydroxyl groups is 1. The minimum atomic E-state index is 0.135. The van der Waals surface area contributed by atoms with E-state index in [0.717, 1.165) is 24.8 Å². The second-order valence-corrected chi connectivity index (χ2v) is 7.68. The van der Waals surface area contributed by atoms with Gasteiger partial charge in [0.05, 0.1) is 0 Å². The summed E-state index contributed by atoms with van der Waals surface area (Å²) in [5.41, 5.74) is 1.28. The number of phenolic OH excluding ortho intramolecular Hbond substituents is 1. The predicted octanol–water partition coefficient (Wildman–Crippen LogP) is 3.74. The summed E-state index contributed by atoms with van der Waals surface area (Å²) in [5, 5.41) is 17.6. The van der Waals surface area contributed by atoms with Crippen LogP contribution in [0.2, 0.25) is 0 Å². The molecule has 3 N–H and O–H groups in total. The Balaban J connectivity index is 2.13. The Labute approximate surface area is 129 Å². The van der Waals surface area contributed by atoms with Gasteiger partial charge in [-0.25, -0.2) is 0 Å². The van der Waals surface area contributed by atoms with Gasteiger partial charge in [0.1, 0.15) is 5.75 Å². The molecule has 1 fully saturated rings. The first-order valence-corrected chi connectivity index (χ1v) is 8.06. The normalized spacial score (nSPS) is 22.9. The molecule has 1 aliphatic heterocycles. The smallest absolute Gasteiger partial charge is 0.120 e. The van der Waals surface area contributed by atoms with E-state index in [1.54, 1.807) is 6.07 Å². The van der Waals surface area contributed by atoms with Crippen LogP contribution in [0.1, 0.15) is 65.5 Å². The van der Waals surface area contributed by atoms with Crippen molar-refractivity contribution in [2.45, 2.75) is 77.0 Å². The van der Waals surface area contributed by atoms with Crippen molar-refractivity contribution in [1.82, 2.24) is 10.6 Å². The molecule has 0 bridgehead atoms. The molecule has 3 nitrogen and oxygen atoms in total. The molecule has 1 saturated heterocycles. The maximum Gasteiger partial charge on any atom is 0.120 e. The van der Waals surface area contributed by atoms with E-state index in [2.05, 4.69) is 45.3 Å². The summed E-state index contributed by atoms with van der Waals surface area (Å²) in [6.45, 7) is 11.2. The second kappa shape index (κ2) is 5.98. The lowest BCUT2D eigenvalue weighted by Crippen LogP contribution is -2.61. The number of nitrogens with one attached hydrogen (secondary N) is 2. The fourth-order valence-electron chi connectivity index (χ4n) is 3.93. The highest BCUT2D eigenvalue weighted by atomic mass is 16.3. The second-order valence-electron chi connectivity index (χ2n) is 7.68. The van der Waals surface area contributed by atoms with Crippen LogP contribution in [0.15, 0.2) is 24.3 Å². The molecular formula is C18H30N2O. The number of hydrogen-bond donors (Lipinski definition) is 3. The van der Waals surface area contributed by atoms with Crippen LogP contribution in [0.5, 0.6) is 5.75 Å². The largest absolute Gasteiger partial charge is 0.508 e. The van der Waals surface area contributed by atoms with Gasteiger partial charge in [-0.15, -0.1) is 0 Å². The van der Waals surface area contributed by atoms with Gasteiger partial charge in [0.15, 0.2) is 0 Å². The van der Waals surface area contributed by atoms with Crippen molar-refractivity contribution in [2.75, 3.05) is 0 Å². The average Bonchev–Trinajstić information content (AvgIpc) is 2.33. The van der Waals surface area contributed by atoms with E-state index >= 15 is 0 Å². The van der Waals surface area contributed by atoms with Crippen LogP contribution in [0.4, 0.5) is 0 Å². The Morgan fingerprint density at radius 3 is 2.29 bits per heavy atom. The van der Waals surface area contributed by atoms with Crippen molar-refractivity contribution in [3.8, 4) is 5.75 Å². The lowest BCUT2D eigenvalue weighted by molar-refractivity contribution is 0.138. The summed E-state index contributed by atoms with van der Waals surface area (Å²) in [4.78, 5) is 0. The molecule has 0 aliphatic carbocycles. The van der Waals surface area contributed by atoms with E-state index in [4.69, 9.17) is 0 Å². The third-order valence-corrected chi connectivity index (χ3v) is 4.35. The molecule has 0 spiro atoms. The van der Waals surface area contributed by atoms with Crippen molar-refractivity contribution < 1.29 is 5.11 Å². The van der Waals surface area contributed by atoms with E-state index in [0.29, 0.717) is 11.8 Å². The summed E-state index contributed by atoms with van der Waals surface area (Å²) in [6, 6.07) is 8.34. The molecule has 118 valence electrons. The highest BCUT2D eigenvalue weighted by Gasteiger charge is 2.38. The topological polar surface area (TPSA) is 44.3 Å². The maximum atomic E-state index is 10.1. The van der Waals surface area contributed by atoms with E-state index in [1.165, 1.54) is 0 Å². The van der Waals surface area contributed by atoms with Gasteiger partial charge in [-0.05, 0) is 53.0 Å². The Morgan fingerprint density at radius 2 is 1.76 bits per heavy atom. The van der Waals surface area contributed by atoms with Crippen LogP contribution in [0, 0.1) is 0 Å². The molecule has 3 heteroatoms. The zero-order valence-electron chi connectivity index (χ0n) is 14.0. The summed E-state index contributed by atoms with van der Waals surface area (Å²) >= 11 is 0. The predicted molar refractivity (Wildman–Crippen MR) is 88.6 cm³/mol. The van der Waals surface area contributed by atoms with Crippen molar-refractivity contribution in [3.63, 3.8) is 0 Å². The fraction of sp³-hybridized carbons (Fsp3) is 0.667. The first-order chi connectivity index (χ1) is 9.72. The van der Waals surface area contributed by atoms with Crippen LogP contribution >= 0.6 is 0 Å². The van der Waals surface area contributed by atoms with Crippen LogP contribution in [0.25, 0.3) is 0 Å². The van der Waals surface area contributed by atoms with Gasteiger partial charge in [-0.3, -0.25) is 0 Å². The van der Waals surface area contributed by atoms with Crippen LogP contribution in [-0.2, 0) is 0 Å². The minimum Gasteiger partial charge on any atom is -0.508 e. The molecule has 21 heavy (non-hydrogen) atoms. The number of hydrogen-bond acceptors (Lipinski definition) is 3. The highest BCUT2D eigenvalue weighted by Crippen LogP contribution is 2.32. The number of benzene rings is 1. The first-order valence-electron chi connectivity index (χ1n) is 8.06. The quantitative estimate of drug-likeness (QED) is 0.791. The molecule has 1 aromatic carbocycles. The Bertz CT molecular complexity index is 466. The van der Waals surface area contributed by atoms with E-state index in [1.807, 2.05) is 18.2 Å². The minimum absolute atomic E-state index is 0.135. The Kier molecular flexibility index (Phi) is 4.64. The summed E-state index contributed by atoms with van der Waals surface area (Å²) in [6.07, 6.45) is 3.17. The Hall–Kier alpha value is -1.06. The standard InChI is InChI=1S/C18H30N2O/c1-6-15(14-9-7-8-10-16(14)21)19-13-11-17(2,3)20-18(4,5)12-13/h7-10,13,15,19-21H,6,11-12H2,1-5H3. The number of phenols is 1. The van der Waals surface area contributed by atoms with Gasteiger partial charge < -0.3 is 15.7 Å². The average molecular weight is 290 g/mol. The lowest BCUT2D eigenvalue weighted by Gasteiger charge is -2.47. The molecule has 1 aliphatic rings. The SMILES string of the molecule is CCC(NC1CC(C)(C)NC(C)(C)C1)c1ccccc1O. The Morgan fingerprint density at radius 1 is 1.19 bits per heavy atom. The molecule has 0 aromatic heterocycles. The molecular weight excluding hydrogens is 260 g/mol. The molecule has 2 rings (SSSR count). The van der Waals surface area contributed by atoms with Gasteiger partial charge in [0.25, 0.3) is 0 Å². The monoisotopic (exact) mass is 290 g/mol. The van der Waals surface area contributed by atoms with Crippen LogP contribution in [0.3, 0.4) is 0 Å². The van der Waals surface area contributed by atoms with Gasteiger partial charge in [-0.1, -0.05) is 25.1 Å². The van der Waals surface area contributed by atoms with Crippen molar-refractivity contribution >= 4 is 0 Å². The third kappa shape index (κ3) is 4.21. The van der Waals surface area contributed by atoms with E-state index in [9.17, 15) is 5.11 Å². The molecule has 0 amide bonds. The van der Waals surface area contributed by atoms with Crippen LogP contribution in [-0.4, -0.2) is 22.2 Å². The van der Waals surface area contributed by atoms with Crippen molar-refractivity contribution in [2.24, 2.45) is 0 Å². The van der Waals surface area contributed by atoms with E-state index in [-0.39, 0.29) is 17.1 Å². The number of piperidine rings is 1.